The minimum absolute atomic E-state index is 0.0491. The first-order chi connectivity index (χ1) is 16.8. The van der Waals surface area contributed by atoms with E-state index in [9.17, 15) is 9.59 Å². The average Bonchev–Trinajstić information content (AvgIpc) is 3.21. The van der Waals surface area contributed by atoms with E-state index in [4.69, 9.17) is 4.74 Å². The van der Waals surface area contributed by atoms with Gasteiger partial charge in [-0.3, -0.25) is 4.79 Å². The summed E-state index contributed by atoms with van der Waals surface area (Å²) in [5.74, 6) is 3.33. The van der Waals surface area contributed by atoms with Crippen LogP contribution in [0.5, 0.6) is 0 Å². The number of esters is 1. The van der Waals surface area contributed by atoms with Crippen LogP contribution in [-0.4, -0.2) is 18.9 Å². The van der Waals surface area contributed by atoms with Crippen molar-refractivity contribution in [2.45, 2.75) is 113 Å². The smallest absolute Gasteiger partial charge is 0.302 e. The molecule has 3 heteroatoms. The van der Waals surface area contributed by atoms with Gasteiger partial charge in [0.25, 0.3) is 0 Å². The Morgan fingerprint density at radius 3 is 2.25 bits per heavy atom. The van der Waals surface area contributed by atoms with Crippen molar-refractivity contribution in [3.8, 4) is 0 Å². The molecule has 0 N–H and O–H groups in total. The van der Waals surface area contributed by atoms with Gasteiger partial charge in [-0.2, -0.15) is 0 Å². The predicted octanol–water partition coefficient (Wildman–Crippen LogP) is 8.02. The van der Waals surface area contributed by atoms with Crippen LogP contribution < -0.4 is 0 Å². The number of allylic oxidation sites excluding steroid dienone is 1. The summed E-state index contributed by atoms with van der Waals surface area (Å²) in [6, 6.07) is 0. The fourth-order valence-electron chi connectivity index (χ4n) is 11.9. The maximum Gasteiger partial charge on any atom is 0.302 e. The molecule has 0 radical (unpaired) electrons. The molecular formula is C33H52O3. The number of rotatable bonds is 4. The molecule has 5 saturated carbocycles. The van der Waals surface area contributed by atoms with Gasteiger partial charge in [0.15, 0.2) is 0 Å². The van der Waals surface area contributed by atoms with E-state index in [-0.39, 0.29) is 27.6 Å². The zero-order valence-corrected chi connectivity index (χ0v) is 24.3. The summed E-state index contributed by atoms with van der Waals surface area (Å²) >= 11 is 0. The van der Waals surface area contributed by atoms with Gasteiger partial charge < -0.3 is 9.53 Å². The molecular weight excluding hydrogens is 444 g/mol. The first kappa shape index (κ1) is 26.5. The third-order valence-electron chi connectivity index (χ3n) is 14.3. The number of fused-ring (bicyclic) bond motifs is 7. The molecule has 0 aromatic heterocycles. The van der Waals surface area contributed by atoms with Crippen LogP contribution in [0.15, 0.2) is 12.2 Å². The minimum atomic E-state index is -0.145. The highest BCUT2D eigenvalue weighted by Gasteiger charge is 2.71. The zero-order chi connectivity index (χ0) is 26.3. The van der Waals surface area contributed by atoms with Crippen molar-refractivity contribution in [3.05, 3.63) is 12.2 Å². The fourth-order valence-corrected chi connectivity index (χ4v) is 11.9. The molecule has 0 amide bonds. The number of carbonyl (C=O) groups is 2. The van der Waals surface area contributed by atoms with Crippen LogP contribution in [0.3, 0.4) is 0 Å². The van der Waals surface area contributed by atoms with E-state index in [1.54, 1.807) is 6.92 Å². The summed E-state index contributed by atoms with van der Waals surface area (Å²) in [6.07, 6.45) is 13.5. The molecule has 5 aliphatic rings. The molecule has 0 spiro atoms. The molecule has 0 saturated heterocycles. The third-order valence-corrected chi connectivity index (χ3v) is 14.3. The van der Waals surface area contributed by atoms with E-state index < -0.39 is 0 Å². The normalized spacial score (nSPS) is 53.9. The van der Waals surface area contributed by atoms with Gasteiger partial charge in [0.1, 0.15) is 6.29 Å². The van der Waals surface area contributed by atoms with Crippen molar-refractivity contribution < 1.29 is 14.3 Å². The lowest BCUT2D eigenvalue weighted by molar-refractivity contribution is -0.246. The summed E-state index contributed by atoms with van der Waals surface area (Å²) in [5.41, 5.74) is 2.09. The molecule has 5 rings (SSSR count). The fraction of sp³-hybridized carbons (Fsp3) is 0.879. The van der Waals surface area contributed by atoms with Crippen molar-refractivity contribution in [2.24, 2.45) is 62.6 Å². The standard InChI is InChI=1S/C33H52O3/c1-21(2)24-12-16-33(19-34)18-17-31(7)25(28(24)33)9-10-27-29(5)14-11-22(3)30(6,20-36-23(4)35)26(29)13-15-32(27,31)8/h19,22,24-28H,1,9-18,20H2,2-8H3/t22-,24-,25?,26?,27?,28?,29-,30+,31+,32+,33+/m0/s1. The Labute approximate surface area is 220 Å². The number of carbonyl (C=O) groups excluding carboxylic acids is 2. The monoisotopic (exact) mass is 496 g/mol. The van der Waals surface area contributed by atoms with Gasteiger partial charge in [0.05, 0.1) is 6.61 Å². The minimum Gasteiger partial charge on any atom is -0.465 e. The van der Waals surface area contributed by atoms with Gasteiger partial charge >= 0.3 is 5.97 Å². The molecule has 0 heterocycles. The number of hydrogen-bond acceptors (Lipinski definition) is 3. The quantitative estimate of drug-likeness (QED) is 0.225. The molecule has 202 valence electrons. The van der Waals surface area contributed by atoms with Crippen LogP contribution in [0.1, 0.15) is 113 Å². The summed E-state index contributed by atoms with van der Waals surface area (Å²) < 4.78 is 5.74. The van der Waals surface area contributed by atoms with E-state index >= 15 is 0 Å². The average molecular weight is 497 g/mol. The number of hydrogen-bond donors (Lipinski definition) is 0. The van der Waals surface area contributed by atoms with Gasteiger partial charge in [-0.05, 0) is 123 Å². The molecule has 0 aliphatic heterocycles. The molecule has 0 aromatic carbocycles. The van der Waals surface area contributed by atoms with Crippen LogP contribution in [0.4, 0.5) is 0 Å². The summed E-state index contributed by atoms with van der Waals surface area (Å²) in [6.45, 7) is 21.5. The van der Waals surface area contributed by atoms with Crippen LogP contribution in [0, 0.1) is 62.6 Å². The maximum absolute atomic E-state index is 12.7. The van der Waals surface area contributed by atoms with E-state index in [0.717, 1.165) is 19.3 Å². The molecule has 5 fully saturated rings. The number of aldehydes is 1. The largest absolute Gasteiger partial charge is 0.465 e. The lowest BCUT2D eigenvalue weighted by Gasteiger charge is -2.73. The molecule has 0 bridgehead atoms. The van der Waals surface area contributed by atoms with Crippen molar-refractivity contribution in [1.29, 1.82) is 0 Å². The Hall–Kier alpha value is -1.12. The maximum atomic E-state index is 12.7. The van der Waals surface area contributed by atoms with E-state index in [1.807, 2.05) is 0 Å². The Morgan fingerprint density at radius 2 is 1.61 bits per heavy atom. The van der Waals surface area contributed by atoms with Crippen LogP contribution >= 0.6 is 0 Å². The molecule has 4 unspecified atom stereocenters. The SMILES string of the molecule is C=C(C)[C@@H]1CC[C@]2(C=O)CC[C@]3(C)C(CCC4[C@@]5(C)CC[C@H](C)[C@@](C)(COC(C)=O)C5CC[C@]43C)C12. The Kier molecular flexibility index (Phi) is 6.21. The predicted molar refractivity (Wildman–Crippen MR) is 145 cm³/mol. The molecule has 11 atom stereocenters. The summed E-state index contributed by atoms with van der Waals surface area (Å²) in [5, 5.41) is 0. The van der Waals surface area contributed by atoms with Gasteiger partial charge in [-0.15, -0.1) is 0 Å². The Morgan fingerprint density at radius 1 is 0.889 bits per heavy atom. The summed E-state index contributed by atoms with van der Waals surface area (Å²) in [7, 11) is 0. The topological polar surface area (TPSA) is 43.4 Å². The van der Waals surface area contributed by atoms with Gasteiger partial charge in [0, 0.05) is 17.8 Å². The first-order valence-corrected chi connectivity index (χ1v) is 15.0. The van der Waals surface area contributed by atoms with Gasteiger partial charge in [0.2, 0.25) is 0 Å². The van der Waals surface area contributed by atoms with Crippen molar-refractivity contribution in [1.82, 2.24) is 0 Å². The molecule has 36 heavy (non-hydrogen) atoms. The van der Waals surface area contributed by atoms with Crippen LogP contribution in [-0.2, 0) is 14.3 Å². The van der Waals surface area contributed by atoms with E-state index in [0.29, 0.717) is 47.5 Å². The lowest BCUT2D eigenvalue weighted by Crippen LogP contribution is -2.66. The third kappa shape index (κ3) is 3.28. The lowest BCUT2D eigenvalue weighted by atomic mass is 9.32. The van der Waals surface area contributed by atoms with Crippen molar-refractivity contribution >= 4 is 12.3 Å². The van der Waals surface area contributed by atoms with Gasteiger partial charge in [-0.25, -0.2) is 0 Å². The van der Waals surface area contributed by atoms with Crippen LogP contribution in [0.2, 0.25) is 0 Å². The second-order valence-electron chi connectivity index (χ2n) is 15.3. The van der Waals surface area contributed by atoms with E-state index in [1.165, 1.54) is 56.8 Å². The highest BCUT2D eigenvalue weighted by molar-refractivity contribution is 5.66. The second kappa shape index (κ2) is 8.44. The zero-order valence-electron chi connectivity index (χ0n) is 24.3. The van der Waals surface area contributed by atoms with E-state index in [2.05, 4.69) is 48.1 Å². The second-order valence-corrected chi connectivity index (χ2v) is 15.3. The van der Waals surface area contributed by atoms with Gasteiger partial charge in [-0.1, -0.05) is 46.8 Å². The first-order valence-electron chi connectivity index (χ1n) is 15.0. The van der Waals surface area contributed by atoms with Crippen LogP contribution in [0.25, 0.3) is 0 Å². The highest BCUT2D eigenvalue weighted by atomic mass is 16.5. The molecule has 5 aliphatic carbocycles. The Bertz CT molecular complexity index is 939. The molecule has 3 nitrogen and oxygen atoms in total. The number of ether oxygens (including phenoxy) is 1. The highest BCUT2D eigenvalue weighted by Crippen LogP contribution is 2.77. The van der Waals surface area contributed by atoms with Crippen molar-refractivity contribution in [3.63, 3.8) is 0 Å². The van der Waals surface area contributed by atoms with Crippen molar-refractivity contribution in [2.75, 3.05) is 6.61 Å². The summed E-state index contributed by atoms with van der Waals surface area (Å²) in [4.78, 5) is 24.5. The molecule has 0 aromatic rings. The Balaban J connectivity index is 1.52.